The normalized spacial score (nSPS) is 13.0. The topological polar surface area (TPSA) is 97.0 Å². The molecule has 2 N–H and O–H groups in total. The maximum Gasteiger partial charge on any atom is 0.357 e. The highest BCUT2D eigenvalue weighted by Crippen LogP contribution is 2.27. The van der Waals surface area contributed by atoms with Gasteiger partial charge in [0.2, 0.25) is 0 Å². The molecule has 2 heterocycles. The Hall–Kier alpha value is -3.00. The number of rotatable bonds is 6. The summed E-state index contributed by atoms with van der Waals surface area (Å²) >= 11 is 1.30. The number of ether oxygens (including phenoxy) is 1. The number of thiazole rings is 1. The minimum atomic E-state index is -0.498. The molecular weight excluding hydrogens is 388 g/mol. The summed E-state index contributed by atoms with van der Waals surface area (Å²) in [6.45, 7) is 0. The van der Waals surface area contributed by atoms with Gasteiger partial charge in [0.05, 0.1) is 7.11 Å². The van der Waals surface area contributed by atoms with E-state index in [0.717, 1.165) is 48.2 Å². The number of fused-ring (bicyclic) bond motifs is 1. The summed E-state index contributed by atoms with van der Waals surface area (Å²) in [4.78, 5) is 30.0. The maximum absolute atomic E-state index is 12.7. The first kappa shape index (κ1) is 19.3. The highest BCUT2D eigenvalue weighted by molar-refractivity contribution is 7.16. The zero-order valence-electron chi connectivity index (χ0n) is 16.2. The van der Waals surface area contributed by atoms with E-state index in [0.29, 0.717) is 17.2 Å². The SMILES string of the molecule is COC(=O)c1nc(NC(=O)c2n[nH]c3c2CCCC3)sc1CCc1ccccc1. The van der Waals surface area contributed by atoms with Gasteiger partial charge in [-0.15, -0.1) is 11.3 Å². The average molecular weight is 410 g/mol. The van der Waals surface area contributed by atoms with Gasteiger partial charge in [-0.25, -0.2) is 9.78 Å². The van der Waals surface area contributed by atoms with Gasteiger partial charge >= 0.3 is 5.97 Å². The summed E-state index contributed by atoms with van der Waals surface area (Å²) < 4.78 is 4.87. The van der Waals surface area contributed by atoms with Crippen LogP contribution in [0.2, 0.25) is 0 Å². The molecule has 0 radical (unpaired) electrons. The molecule has 1 amide bonds. The van der Waals surface area contributed by atoms with Crippen LogP contribution in [0.5, 0.6) is 0 Å². The van der Waals surface area contributed by atoms with Crippen LogP contribution in [-0.4, -0.2) is 34.2 Å². The zero-order chi connectivity index (χ0) is 20.2. The zero-order valence-corrected chi connectivity index (χ0v) is 17.0. The Balaban J connectivity index is 1.53. The quantitative estimate of drug-likeness (QED) is 0.606. The summed E-state index contributed by atoms with van der Waals surface area (Å²) in [7, 11) is 1.33. The Morgan fingerprint density at radius 3 is 2.72 bits per heavy atom. The molecule has 8 heteroatoms. The molecule has 150 valence electrons. The maximum atomic E-state index is 12.7. The largest absolute Gasteiger partial charge is 0.464 e. The van der Waals surface area contributed by atoms with E-state index in [9.17, 15) is 9.59 Å². The number of aryl methyl sites for hydroxylation is 3. The van der Waals surface area contributed by atoms with Crippen molar-refractivity contribution in [3.05, 3.63) is 63.4 Å². The number of amides is 1. The van der Waals surface area contributed by atoms with Crippen LogP contribution in [-0.2, 0) is 30.4 Å². The summed E-state index contributed by atoms with van der Waals surface area (Å²) in [6, 6.07) is 10.0. The van der Waals surface area contributed by atoms with Crippen LogP contribution in [0.25, 0.3) is 0 Å². The molecule has 0 bridgehead atoms. The summed E-state index contributed by atoms with van der Waals surface area (Å²) in [6.07, 6.45) is 5.34. The van der Waals surface area contributed by atoms with Gasteiger partial charge in [0.25, 0.3) is 5.91 Å². The van der Waals surface area contributed by atoms with Crippen LogP contribution in [0.4, 0.5) is 5.13 Å². The van der Waals surface area contributed by atoms with Gasteiger partial charge in [-0.05, 0) is 44.1 Å². The highest BCUT2D eigenvalue weighted by atomic mass is 32.1. The number of nitrogens with one attached hydrogen (secondary N) is 2. The van der Waals surface area contributed by atoms with Crippen molar-refractivity contribution in [2.45, 2.75) is 38.5 Å². The van der Waals surface area contributed by atoms with Gasteiger partial charge in [0.15, 0.2) is 16.5 Å². The van der Waals surface area contributed by atoms with Crippen LogP contribution in [0.3, 0.4) is 0 Å². The lowest BCUT2D eigenvalue weighted by molar-refractivity contribution is 0.0593. The molecule has 1 aromatic carbocycles. The third-order valence-corrected chi connectivity index (χ3v) is 6.08. The second-order valence-electron chi connectivity index (χ2n) is 6.96. The lowest BCUT2D eigenvalue weighted by atomic mass is 9.96. The van der Waals surface area contributed by atoms with E-state index in [2.05, 4.69) is 20.5 Å². The Kier molecular flexibility index (Phi) is 5.71. The van der Waals surface area contributed by atoms with Crippen molar-refractivity contribution in [3.8, 4) is 0 Å². The van der Waals surface area contributed by atoms with E-state index in [-0.39, 0.29) is 11.6 Å². The first-order chi connectivity index (χ1) is 14.2. The second-order valence-corrected chi connectivity index (χ2v) is 8.04. The van der Waals surface area contributed by atoms with Crippen LogP contribution in [0.1, 0.15) is 55.5 Å². The number of esters is 1. The van der Waals surface area contributed by atoms with Crippen molar-refractivity contribution in [1.82, 2.24) is 15.2 Å². The van der Waals surface area contributed by atoms with Crippen LogP contribution in [0, 0.1) is 0 Å². The van der Waals surface area contributed by atoms with Gasteiger partial charge in [0.1, 0.15) is 0 Å². The van der Waals surface area contributed by atoms with Gasteiger partial charge in [-0.2, -0.15) is 5.10 Å². The molecule has 4 rings (SSSR count). The predicted molar refractivity (Wildman–Crippen MR) is 110 cm³/mol. The Morgan fingerprint density at radius 2 is 1.93 bits per heavy atom. The number of hydrogen-bond donors (Lipinski definition) is 2. The van der Waals surface area contributed by atoms with Crippen molar-refractivity contribution in [2.75, 3.05) is 12.4 Å². The fraction of sp³-hybridized carbons (Fsp3) is 0.333. The molecule has 3 aromatic rings. The number of aromatic nitrogens is 3. The molecule has 0 saturated heterocycles. The highest BCUT2D eigenvalue weighted by Gasteiger charge is 2.24. The molecule has 7 nitrogen and oxygen atoms in total. The molecule has 0 aliphatic heterocycles. The summed E-state index contributed by atoms with van der Waals surface area (Å²) in [5.74, 6) is -0.800. The van der Waals surface area contributed by atoms with E-state index in [1.807, 2.05) is 30.3 Å². The van der Waals surface area contributed by atoms with Crippen molar-refractivity contribution in [1.29, 1.82) is 0 Å². The van der Waals surface area contributed by atoms with E-state index in [1.54, 1.807) is 0 Å². The molecule has 0 unspecified atom stereocenters. The molecule has 1 aliphatic rings. The molecule has 2 aromatic heterocycles. The van der Waals surface area contributed by atoms with Crippen molar-refractivity contribution in [2.24, 2.45) is 0 Å². The first-order valence-electron chi connectivity index (χ1n) is 9.65. The fourth-order valence-electron chi connectivity index (χ4n) is 3.56. The van der Waals surface area contributed by atoms with E-state index >= 15 is 0 Å². The van der Waals surface area contributed by atoms with Gasteiger partial charge < -0.3 is 4.74 Å². The monoisotopic (exact) mass is 410 g/mol. The number of benzene rings is 1. The van der Waals surface area contributed by atoms with Crippen LogP contribution >= 0.6 is 11.3 Å². The van der Waals surface area contributed by atoms with Crippen molar-refractivity contribution >= 4 is 28.3 Å². The predicted octanol–water partition coefficient (Wildman–Crippen LogP) is 3.57. The van der Waals surface area contributed by atoms with Crippen molar-refractivity contribution in [3.63, 3.8) is 0 Å². The summed E-state index contributed by atoms with van der Waals surface area (Å²) in [5.41, 5.74) is 3.88. The summed E-state index contributed by atoms with van der Waals surface area (Å²) in [5, 5.41) is 10.4. The number of anilines is 1. The Labute approximate surface area is 172 Å². The molecule has 0 atom stereocenters. The first-order valence-corrected chi connectivity index (χ1v) is 10.5. The van der Waals surface area contributed by atoms with E-state index < -0.39 is 5.97 Å². The van der Waals surface area contributed by atoms with Crippen LogP contribution < -0.4 is 5.32 Å². The van der Waals surface area contributed by atoms with Gasteiger partial charge in [-0.3, -0.25) is 15.2 Å². The number of aromatic amines is 1. The molecule has 0 spiro atoms. The van der Waals surface area contributed by atoms with Crippen molar-refractivity contribution < 1.29 is 14.3 Å². The molecule has 0 saturated carbocycles. The third-order valence-electron chi connectivity index (χ3n) is 5.05. The Morgan fingerprint density at radius 1 is 1.14 bits per heavy atom. The lowest BCUT2D eigenvalue weighted by Crippen LogP contribution is -2.15. The minimum absolute atomic E-state index is 0.257. The molecule has 1 aliphatic carbocycles. The van der Waals surface area contributed by atoms with Gasteiger partial charge in [-0.1, -0.05) is 30.3 Å². The average Bonchev–Trinajstić information content (AvgIpc) is 3.36. The third kappa shape index (κ3) is 4.22. The molecule has 0 fully saturated rings. The standard InChI is InChI=1S/C21H22N4O3S/c1-28-20(27)18-16(12-11-13-7-3-2-4-8-13)29-21(22-18)23-19(26)17-14-9-5-6-10-15(14)24-25-17/h2-4,7-8H,5-6,9-12H2,1H3,(H,24,25)(H,22,23,26). The second kappa shape index (κ2) is 8.57. The van der Waals surface area contributed by atoms with Gasteiger partial charge in [0, 0.05) is 16.1 Å². The molecular formula is C21H22N4O3S. The number of nitrogens with zero attached hydrogens (tertiary/aromatic N) is 2. The van der Waals surface area contributed by atoms with E-state index in [1.165, 1.54) is 24.0 Å². The number of hydrogen-bond acceptors (Lipinski definition) is 6. The molecule has 29 heavy (non-hydrogen) atoms. The lowest BCUT2D eigenvalue weighted by Gasteiger charge is -2.10. The number of H-pyrrole nitrogens is 1. The minimum Gasteiger partial charge on any atom is -0.464 e. The van der Waals surface area contributed by atoms with Crippen LogP contribution in [0.15, 0.2) is 30.3 Å². The smallest absolute Gasteiger partial charge is 0.357 e. The number of methoxy groups -OCH3 is 1. The number of carbonyl (C=O) groups is 2. The van der Waals surface area contributed by atoms with E-state index in [4.69, 9.17) is 4.74 Å². The fourth-order valence-corrected chi connectivity index (χ4v) is 4.50. The number of carbonyl (C=O) groups excluding carboxylic acids is 2. The Bertz CT molecular complexity index is 1030.